The van der Waals surface area contributed by atoms with Crippen LogP contribution in [0.2, 0.25) is 0 Å². The second kappa shape index (κ2) is 5.06. The van der Waals surface area contributed by atoms with Gasteiger partial charge in [0.15, 0.2) is 0 Å². The molecule has 100 valence electrons. The largest absolute Gasteiger partial charge is 0.329 e. The molecule has 1 heterocycles. The minimum absolute atomic E-state index is 0.0354. The lowest BCUT2D eigenvalue weighted by molar-refractivity contribution is -0.152. The number of nitrogens with two attached hydrogens (primary N) is 1. The molecule has 18 heavy (non-hydrogen) atoms. The van der Waals surface area contributed by atoms with E-state index in [1.165, 1.54) is 4.90 Å². The van der Waals surface area contributed by atoms with E-state index < -0.39 is 17.2 Å². The van der Waals surface area contributed by atoms with Gasteiger partial charge in [-0.3, -0.25) is 19.7 Å². The molecule has 0 aromatic carbocycles. The van der Waals surface area contributed by atoms with Crippen LogP contribution in [-0.4, -0.2) is 42.3 Å². The van der Waals surface area contributed by atoms with Crippen molar-refractivity contribution >= 4 is 17.7 Å². The molecule has 2 fully saturated rings. The molecule has 0 bridgehead atoms. The number of rotatable bonds is 2. The summed E-state index contributed by atoms with van der Waals surface area (Å²) in [5.74, 6) is -0.960. The van der Waals surface area contributed by atoms with Gasteiger partial charge in [0, 0.05) is 6.54 Å². The summed E-state index contributed by atoms with van der Waals surface area (Å²) < 4.78 is 0. The number of amides is 3. The van der Waals surface area contributed by atoms with Crippen LogP contribution in [-0.2, 0) is 14.4 Å². The maximum Gasteiger partial charge on any atom is 0.246 e. The van der Waals surface area contributed by atoms with Crippen molar-refractivity contribution < 1.29 is 14.4 Å². The lowest BCUT2D eigenvalue weighted by Gasteiger charge is -2.39. The zero-order valence-electron chi connectivity index (χ0n) is 10.4. The molecular weight excluding hydrogens is 234 g/mol. The highest BCUT2D eigenvalue weighted by molar-refractivity contribution is 6.03. The van der Waals surface area contributed by atoms with E-state index in [1.807, 2.05) is 0 Å². The molecule has 0 radical (unpaired) electrons. The van der Waals surface area contributed by atoms with Crippen LogP contribution in [0.25, 0.3) is 0 Å². The van der Waals surface area contributed by atoms with E-state index in [1.54, 1.807) is 0 Å². The SMILES string of the molecule is NCC1(C(=O)N2CC(=O)NC(=O)C2)CCCCC1. The van der Waals surface area contributed by atoms with Gasteiger partial charge in [-0.15, -0.1) is 0 Å². The summed E-state index contributed by atoms with van der Waals surface area (Å²) in [4.78, 5) is 36.5. The average molecular weight is 253 g/mol. The molecule has 0 unspecified atom stereocenters. The van der Waals surface area contributed by atoms with Gasteiger partial charge < -0.3 is 10.6 Å². The van der Waals surface area contributed by atoms with Crippen molar-refractivity contribution in [2.24, 2.45) is 11.1 Å². The van der Waals surface area contributed by atoms with Crippen LogP contribution >= 0.6 is 0 Å². The second-order valence-corrected chi connectivity index (χ2v) is 5.18. The average Bonchev–Trinajstić information content (AvgIpc) is 2.37. The van der Waals surface area contributed by atoms with E-state index in [0.717, 1.165) is 32.1 Å². The summed E-state index contributed by atoms with van der Waals surface area (Å²) in [6.07, 6.45) is 4.60. The van der Waals surface area contributed by atoms with E-state index in [-0.39, 0.29) is 25.5 Å². The van der Waals surface area contributed by atoms with Crippen molar-refractivity contribution in [3.8, 4) is 0 Å². The van der Waals surface area contributed by atoms with Crippen LogP contribution in [0.5, 0.6) is 0 Å². The Morgan fingerprint density at radius 3 is 2.22 bits per heavy atom. The number of imide groups is 1. The van der Waals surface area contributed by atoms with Crippen LogP contribution in [0.15, 0.2) is 0 Å². The molecule has 6 nitrogen and oxygen atoms in total. The van der Waals surface area contributed by atoms with Crippen LogP contribution in [0.4, 0.5) is 0 Å². The third-order valence-corrected chi connectivity index (χ3v) is 3.89. The van der Waals surface area contributed by atoms with Gasteiger partial charge in [0.25, 0.3) is 0 Å². The number of carbonyl (C=O) groups excluding carboxylic acids is 3. The van der Waals surface area contributed by atoms with Crippen molar-refractivity contribution in [2.75, 3.05) is 19.6 Å². The smallest absolute Gasteiger partial charge is 0.246 e. The van der Waals surface area contributed by atoms with Crippen molar-refractivity contribution in [3.63, 3.8) is 0 Å². The maximum absolute atomic E-state index is 12.5. The van der Waals surface area contributed by atoms with Crippen LogP contribution < -0.4 is 11.1 Å². The van der Waals surface area contributed by atoms with Gasteiger partial charge in [0.2, 0.25) is 17.7 Å². The molecule has 1 aliphatic heterocycles. The normalized spacial score (nSPS) is 23.7. The summed E-state index contributed by atoms with van der Waals surface area (Å²) in [5, 5.41) is 2.19. The quantitative estimate of drug-likeness (QED) is 0.641. The highest BCUT2D eigenvalue weighted by Crippen LogP contribution is 2.37. The Morgan fingerprint density at radius 1 is 1.17 bits per heavy atom. The predicted octanol–water partition coefficient (Wildman–Crippen LogP) is -0.619. The van der Waals surface area contributed by atoms with Crippen molar-refractivity contribution in [1.82, 2.24) is 10.2 Å². The standard InChI is InChI=1S/C12H19N3O3/c13-8-12(4-2-1-3-5-12)11(18)15-6-9(16)14-10(17)7-15/h1-8,13H2,(H,14,16,17). The molecule has 1 saturated carbocycles. The third kappa shape index (κ3) is 2.38. The Morgan fingerprint density at radius 2 is 1.72 bits per heavy atom. The summed E-state index contributed by atoms with van der Waals surface area (Å²) in [7, 11) is 0. The van der Waals surface area contributed by atoms with Gasteiger partial charge in [-0.1, -0.05) is 19.3 Å². The molecule has 3 amide bonds. The number of nitrogens with zero attached hydrogens (tertiary/aromatic N) is 1. The number of piperazine rings is 1. The fraction of sp³-hybridized carbons (Fsp3) is 0.750. The number of nitrogens with one attached hydrogen (secondary N) is 1. The minimum atomic E-state index is -0.559. The van der Waals surface area contributed by atoms with Gasteiger partial charge in [-0.05, 0) is 12.8 Å². The van der Waals surface area contributed by atoms with E-state index in [4.69, 9.17) is 5.73 Å². The van der Waals surface area contributed by atoms with E-state index in [9.17, 15) is 14.4 Å². The fourth-order valence-corrected chi connectivity index (χ4v) is 2.85. The summed E-state index contributed by atoms with van der Waals surface area (Å²) >= 11 is 0. The minimum Gasteiger partial charge on any atom is -0.329 e. The first-order valence-corrected chi connectivity index (χ1v) is 6.39. The number of hydrogen-bond acceptors (Lipinski definition) is 4. The summed E-state index contributed by atoms with van der Waals surface area (Å²) in [6.45, 7) is 0.219. The first kappa shape index (κ1) is 13.0. The maximum atomic E-state index is 12.5. The molecular formula is C12H19N3O3. The van der Waals surface area contributed by atoms with Crippen LogP contribution in [0, 0.1) is 5.41 Å². The molecule has 1 saturated heterocycles. The van der Waals surface area contributed by atoms with Gasteiger partial charge in [0.1, 0.15) is 13.1 Å². The molecule has 0 aromatic rings. The van der Waals surface area contributed by atoms with E-state index in [0.29, 0.717) is 0 Å². The first-order valence-electron chi connectivity index (χ1n) is 6.39. The van der Waals surface area contributed by atoms with Crippen LogP contribution in [0.3, 0.4) is 0 Å². The number of carbonyl (C=O) groups is 3. The second-order valence-electron chi connectivity index (χ2n) is 5.18. The van der Waals surface area contributed by atoms with Crippen LogP contribution in [0.1, 0.15) is 32.1 Å². The molecule has 2 rings (SSSR count). The van der Waals surface area contributed by atoms with Gasteiger partial charge in [-0.2, -0.15) is 0 Å². The van der Waals surface area contributed by atoms with Crippen molar-refractivity contribution in [3.05, 3.63) is 0 Å². The Balaban J connectivity index is 2.13. The van der Waals surface area contributed by atoms with E-state index >= 15 is 0 Å². The molecule has 0 spiro atoms. The lowest BCUT2D eigenvalue weighted by atomic mass is 9.73. The molecule has 0 atom stereocenters. The first-order chi connectivity index (χ1) is 8.57. The summed E-state index contributed by atoms with van der Waals surface area (Å²) in [6, 6.07) is 0. The summed E-state index contributed by atoms with van der Waals surface area (Å²) in [5.41, 5.74) is 5.22. The molecule has 1 aliphatic carbocycles. The molecule has 6 heteroatoms. The van der Waals surface area contributed by atoms with Gasteiger partial charge in [-0.25, -0.2) is 0 Å². The van der Waals surface area contributed by atoms with Crippen molar-refractivity contribution in [2.45, 2.75) is 32.1 Å². The monoisotopic (exact) mass is 253 g/mol. The Labute approximate surface area is 106 Å². The zero-order chi connectivity index (χ0) is 13.2. The van der Waals surface area contributed by atoms with Gasteiger partial charge in [0.05, 0.1) is 5.41 Å². The van der Waals surface area contributed by atoms with E-state index in [2.05, 4.69) is 5.32 Å². The predicted molar refractivity (Wildman–Crippen MR) is 64.3 cm³/mol. The highest BCUT2D eigenvalue weighted by Gasteiger charge is 2.42. The van der Waals surface area contributed by atoms with Gasteiger partial charge >= 0.3 is 0 Å². The number of hydrogen-bond donors (Lipinski definition) is 2. The third-order valence-electron chi connectivity index (χ3n) is 3.89. The van der Waals surface area contributed by atoms with Crippen molar-refractivity contribution in [1.29, 1.82) is 0 Å². The topological polar surface area (TPSA) is 92.5 Å². The lowest BCUT2D eigenvalue weighted by Crippen LogP contribution is -2.58. The molecule has 2 aliphatic rings. The Hall–Kier alpha value is -1.43. The molecule has 3 N–H and O–H groups in total. The Bertz CT molecular complexity index is 359. The Kier molecular flexibility index (Phi) is 3.65. The highest BCUT2D eigenvalue weighted by atomic mass is 16.2. The zero-order valence-corrected chi connectivity index (χ0v) is 10.4. The molecule has 0 aromatic heterocycles. The fourth-order valence-electron chi connectivity index (χ4n) is 2.85.